The Hall–Kier alpha value is -3.73. The van der Waals surface area contributed by atoms with Gasteiger partial charge in [-0.3, -0.25) is 0 Å². The number of fused-ring (bicyclic) bond motifs is 2. The third-order valence-corrected chi connectivity index (χ3v) is 4.65. The van der Waals surface area contributed by atoms with Crippen LogP contribution in [0.15, 0.2) is 48.9 Å². The molecular weight excluding hydrogens is 328 g/mol. The van der Waals surface area contributed by atoms with Crippen LogP contribution in [-0.2, 0) is 6.42 Å². The minimum absolute atomic E-state index is 0.160. The summed E-state index contributed by atoms with van der Waals surface area (Å²) in [5.74, 6) is 0.708. The summed E-state index contributed by atoms with van der Waals surface area (Å²) >= 11 is 0. The maximum atomic E-state index is 8.96. The predicted octanol–water partition coefficient (Wildman–Crippen LogP) is 1.87. The van der Waals surface area contributed by atoms with Crippen molar-refractivity contribution in [3.05, 3.63) is 71.7 Å². The number of anilines is 1. The van der Waals surface area contributed by atoms with Crippen molar-refractivity contribution in [2.75, 3.05) is 11.4 Å². The largest absolute Gasteiger partial charge is 0.348 e. The summed E-state index contributed by atoms with van der Waals surface area (Å²) in [6.45, 7) is 0.758. The van der Waals surface area contributed by atoms with E-state index in [-0.39, 0.29) is 6.04 Å². The molecule has 5 heterocycles. The summed E-state index contributed by atoms with van der Waals surface area (Å²) in [5.41, 5.74) is 4.29. The van der Waals surface area contributed by atoms with Gasteiger partial charge in [0.1, 0.15) is 12.1 Å². The van der Waals surface area contributed by atoms with Gasteiger partial charge in [-0.15, -0.1) is 10.2 Å². The Labute approximate surface area is 148 Å². The number of nitrogens with zero attached hydrogens (tertiary/aromatic N) is 7. The molecule has 4 aromatic rings. The highest BCUT2D eigenvalue weighted by atomic mass is 15.3. The van der Waals surface area contributed by atoms with Gasteiger partial charge in [0.25, 0.3) is 0 Å². The van der Waals surface area contributed by atoms with Gasteiger partial charge in [0.2, 0.25) is 0 Å². The molecule has 1 atom stereocenters. The minimum atomic E-state index is -0.160. The van der Waals surface area contributed by atoms with Crippen LogP contribution < -0.4 is 4.90 Å². The monoisotopic (exact) mass is 342 g/mol. The van der Waals surface area contributed by atoms with Gasteiger partial charge in [-0.05, 0) is 30.3 Å². The number of H-pyrrole nitrogens is 1. The van der Waals surface area contributed by atoms with Gasteiger partial charge in [0.05, 0.1) is 23.2 Å². The van der Waals surface area contributed by atoms with E-state index in [2.05, 4.69) is 31.1 Å². The Morgan fingerprint density at radius 2 is 2.15 bits per heavy atom. The molecular formula is C18H14N8. The molecule has 8 nitrogen and oxygen atoms in total. The molecule has 0 aromatic carbocycles. The molecule has 0 unspecified atom stereocenters. The number of hydrogen-bond acceptors (Lipinski definition) is 6. The highest BCUT2D eigenvalue weighted by Crippen LogP contribution is 2.35. The molecule has 0 spiro atoms. The zero-order valence-electron chi connectivity index (χ0n) is 13.7. The average Bonchev–Trinajstić information content (AvgIpc) is 3.33. The van der Waals surface area contributed by atoms with Crippen LogP contribution in [0.2, 0.25) is 0 Å². The standard InChI is InChI=1S/C18H14N8/c19-10-12-4-5-16(23-22-12)25-8-6-14-17(21-11-20-14)18(25)15-9-13-3-1-2-7-26(13)24-15/h1-5,7,9,11,18H,6,8H2,(H,20,21)/t18-/m0/s1. The summed E-state index contributed by atoms with van der Waals surface area (Å²) in [6, 6.07) is 13.4. The molecule has 1 aliphatic heterocycles. The van der Waals surface area contributed by atoms with E-state index in [1.165, 1.54) is 0 Å². The molecule has 8 heteroatoms. The Bertz CT molecular complexity index is 1090. The minimum Gasteiger partial charge on any atom is -0.348 e. The molecule has 0 bridgehead atoms. The molecule has 0 saturated heterocycles. The zero-order chi connectivity index (χ0) is 17.5. The van der Waals surface area contributed by atoms with E-state index in [9.17, 15) is 0 Å². The third-order valence-electron chi connectivity index (χ3n) is 4.65. The summed E-state index contributed by atoms with van der Waals surface area (Å²) in [6.07, 6.45) is 4.49. The number of pyridine rings is 1. The highest BCUT2D eigenvalue weighted by Gasteiger charge is 2.34. The molecule has 1 N–H and O–H groups in total. The van der Waals surface area contributed by atoms with E-state index >= 15 is 0 Å². The van der Waals surface area contributed by atoms with E-state index in [1.807, 2.05) is 41.0 Å². The van der Waals surface area contributed by atoms with Crippen LogP contribution in [0.4, 0.5) is 5.82 Å². The molecule has 1 aliphatic rings. The van der Waals surface area contributed by atoms with E-state index in [4.69, 9.17) is 10.4 Å². The van der Waals surface area contributed by atoms with Crippen molar-refractivity contribution in [3.8, 4) is 6.07 Å². The lowest BCUT2D eigenvalue weighted by atomic mass is 10.00. The Morgan fingerprint density at radius 1 is 1.19 bits per heavy atom. The number of nitrogens with one attached hydrogen (secondary N) is 1. The van der Waals surface area contributed by atoms with Crippen LogP contribution in [0.5, 0.6) is 0 Å². The molecule has 0 saturated carbocycles. The Morgan fingerprint density at radius 3 is 2.96 bits per heavy atom. The van der Waals surface area contributed by atoms with Gasteiger partial charge in [-0.2, -0.15) is 10.4 Å². The second-order valence-corrected chi connectivity index (χ2v) is 6.14. The second-order valence-electron chi connectivity index (χ2n) is 6.14. The van der Waals surface area contributed by atoms with Crippen molar-refractivity contribution >= 4 is 11.3 Å². The van der Waals surface area contributed by atoms with Crippen molar-refractivity contribution in [2.45, 2.75) is 12.5 Å². The first-order valence-electron chi connectivity index (χ1n) is 8.30. The fraction of sp³-hybridized carbons (Fsp3) is 0.167. The van der Waals surface area contributed by atoms with Gasteiger partial charge in [-0.1, -0.05) is 6.07 Å². The van der Waals surface area contributed by atoms with Gasteiger partial charge in [0.15, 0.2) is 11.5 Å². The number of rotatable bonds is 2. The molecule has 5 rings (SSSR count). The van der Waals surface area contributed by atoms with Crippen LogP contribution in [0.3, 0.4) is 0 Å². The van der Waals surface area contributed by atoms with Crippen LogP contribution >= 0.6 is 0 Å². The quantitative estimate of drug-likeness (QED) is 0.597. The highest BCUT2D eigenvalue weighted by molar-refractivity contribution is 5.53. The third kappa shape index (κ3) is 2.22. The van der Waals surface area contributed by atoms with Gasteiger partial charge < -0.3 is 9.88 Å². The molecule has 0 fully saturated rings. The number of hydrogen-bond donors (Lipinski definition) is 1. The molecule has 0 amide bonds. The molecule has 0 radical (unpaired) electrons. The lowest BCUT2D eigenvalue weighted by Crippen LogP contribution is -2.37. The molecule has 4 aromatic heterocycles. The van der Waals surface area contributed by atoms with E-state index in [0.717, 1.165) is 35.6 Å². The predicted molar refractivity (Wildman–Crippen MR) is 93.4 cm³/mol. The van der Waals surface area contributed by atoms with Crippen molar-refractivity contribution in [1.82, 2.24) is 29.8 Å². The normalized spacial score (nSPS) is 16.4. The average molecular weight is 342 g/mol. The van der Waals surface area contributed by atoms with Crippen LogP contribution in [0, 0.1) is 11.3 Å². The Balaban J connectivity index is 1.65. The van der Waals surface area contributed by atoms with Gasteiger partial charge >= 0.3 is 0 Å². The molecule has 126 valence electrons. The van der Waals surface area contributed by atoms with Crippen LogP contribution in [-0.4, -0.2) is 36.3 Å². The van der Waals surface area contributed by atoms with Gasteiger partial charge in [-0.25, -0.2) is 9.50 Å². The van der Waals surface area contributed by atoms with E-state index < -0.39 is 0 Å². The number of aromatic nitrogens is 6. The summed E-state index contributed by atoms with van der Waals surface area (Å²) < 4.78 is 1.86. The fourth-order valence-corrected chi connectivity index (χ4v) is 3.45. The number of nitriles is 1. The first-order chi connectivity index (χ1) is 12.8. The number of aromatic amines is 1. The Kier molecular flexibility index (Phi) is 3.18. The van der Waals surface area contributed by atoms with Crippen molar-refractivity contribution < 1.29 is 0 Å². The van der Waals surface area contributed by atoms with E-state index in [0.29, 0.717) is 11.5 Å². The molecule has 0 aliphatic carbocycles. The fourth-order valence-electron chi connectivity index (χ4n) is 3.45. The summed E-state index contributed by atoms with van der Waals surface area (Å²) in [7, 11) is 0. The van der Waals surface area contributed by atoms with Crippen molar-refractivity contribution in [3.63, 3.8) is 0 Å². The number of imidazole rings is 1. The van der Waals surface area contributed by atoms with Crippen LogP contribution in [0.25, 0.3) is 5.52 Å². The van der Waals surface area contributed by atoms with Crippen molar-refractivity contribution in [1.29, 1.82) is 5.26 Å². The zero-order valence-corrected chi connectivity index (χ0v) is 13.7. The lowest BCUT2D eigenvalue weighted by molar-refractivity contribution is 0.606. The maximum absolute atomic E-state index is 8.96. The second kappa shape index (κ2) is 5.67. The topological polar surface area (TPSA) is 98.8 Å². The SMILES string of the molecule is N#Cc1ccc(N2CCc3[nH]cnc3[C@@H]2c2cc3ccccn3n2)nn1. The van der Waals surface area contributed by atoms with Crippen LogP contribution in [0.1, 0.15) is 28.8 Å². The smallest absolute Gasteiger partial charge is 0.163 e. The lowest BCUT2D eigenvalue weighted by Gasteiger charge is -2.34. The van der Waals surface area contributed by atoms with Crippen molar-refractivity contribution in [2.24, 2.45) is 0 Å². The maximum Gasteiger partial charge on any atom is 0.163 e. The van der Waals surface area contributed by atoms with E-state index in [1.54, 1.807) is 12.4 Å². The molecule has 26 heavy (non-hydrogen) atoms. The summed E-state index contributed by atoms with van der Waals surface area (Å²) in [5, 5.41) is 21.9. The first-order valence-corrected chi connectivity index (χ1v) is 8.30. The first kappa shape index (κ1) is 14.6. The summed E-state index contributed by atoms with van der Waals surface area (Å²) in [4.78, 5) is 9.92. The van der Waals surface area contributed by atoms with Gasteiger partial charge in [0, 0.05) is 24.9 Å².